The van der Waals surface area contributed by atoms with Crippen LogP contribution in [-0.2, 0) is 4.74 Å². The van der Waals surface area contributed by atoms with Gasteiger partial charge in [0.15, 0.2) is 0 Å². The van der Waals surface area contributed by atoms with Crippen LogP contribution in [0.25, 0.3) is 0 Å². The van der Waals surface area contributed by atoms with E-state index in [0.29, 0.717) is 17.9 Å². The Labute approximate surface area is 136 Å². The van der Waals surface area contributed by atoms with Gasteiger partial charge in [0.25, 0.3) is 0 Å². The van der Waals surface area contributed by atoms with Crippen molar-refractivity contribution < 1.29 is 9.47 Å². The highest BCUT2D eigenvalue weighted by atomic mass is 16.5. The second kappa shape index (κ2) is 6.83. The summed E-state index contributed by atoms with van der Waals surface area (Å²) >= 11 is 0. The molecule has 6 nitrogen and oxygen atoms in total. The number of aromatic nitrogens is 2. The summed E-state index contributed by atoms with van der Waals surface area (Å²) in [5, 5.41) is 3.22. The van der Waals surface area contributed by atoms with E-state index >= 15 is 0 Å². The minimum Gasteiger partial charge on any atom is -0.481 e. The third-order valence-corrected chi connectivity index (χ3v) is 3.86. The third kappa shape index (κ3) is 3.71. The summed E-state index contributed by atoms with van der Waals surface area (Å²) in [5.41, 5.74) is 3.01. The average Bonchev–Trinajstić information content (AvgIpc) is 2.55. The van der Waals surface area contributed by atoms with Crippen molar-refractivity contribution in [3.8, 4) is 5.88 Å². The maximum atomic E-state index is 5.49. The van der Waals surface area contributed by atoms with E-state index in [1.54, 1.807) is 13.2 Å². The van der Waals surface area contributed by atoms with Crippen LogP contribution >= 0.6 is 0 Å². The zero-order valence-corrected chi connectivity index (χ0v) is 13.7. The standard InChI is InChI=1S/C17H22N4O2/c1-12-10-16(22-3)20-17(18-12)19-14-4-6-15(7-5-14)21-8-9-23-11-13(21)2/h4-7,10,13H,8-9,11H2,1-3H3,(H,18,19,20). The van der Waals surface area contributed by atoms with Crippen LogP contribution in [0.1, 0.15) is 12.6 Å². The number of methoxy groups -OCH3 is 1. The normalized spacial score (nSPS) is 17.9. The lowest BCUT2D eigenvalue weighted by atomic mass is 10.2. The molecule has 1 aromatic carbocycles. The molecule has 0 amide bonds. The molecule has 0 spiro atoms. The number of benzene rings is 1. The van der Waals surface area contributed by atoms with Gasteiger partial charge in [0.1, 0.15) is 0 Å². The lowest BCUT2D eigenvalue weighted by molar-refractivity contribution is 0.0989. The van der Waals surface area contributed by atoms with E-state index < -0.39 is 0 Å². The van der Waals surface area contributed by atoms with Gasteiger partial charge < -0.3 is 19.7 Å². The lowest BCUT2D eigenvalue weighted by Gasteiger charge is -2.35. The number of nitrogens with one attached hydrogen (secondary N) is 1. The van der Waals surface area contributed by atoms with E-state index in [-0.39, 0.29) is 0 Å². The van der Waals surface area contributed by atoms with Gasteiger partial charge in [-0.2, -0.15) is 4.98 Å². The second-order valence-corrected chi connectivity index (χ2v) is 5.66. The molecule has 1 saturated heterocycles. The molecule has 1 aliphatic rings. The SMILES string of the molecule is COc1cc(C)nc(Nc2ccc(N3CCOCC3C)cc2)n1. The Balaban J connectivity index is 1.73. The first-order valence-corrected chi connectivity index (χ1v) is 7.77. The van der Waals surface area contributed by atoms with Gasteiger partial charge in [0.05, 0.1) is 20.3 Å². The molecule has 0 aliphatic carbocycles. The van der Waals surface area contributed by atoms with E-state index in [2.05, 4.69) is 39.2 Å². The fourth-order valence-corrected chi connectivity index (χ4v) is 2.68. The first kappa shape index (κ1) is 15.6. The Morgan fingerprint density at radius 2 is 2.04 bits per heavy atom. The smallest absolute Gasteiger partial charge is 0.230 e. The van der Waals surface area contributed by atoms with Gasteiger partial charge in [-0.15, -0.1) is 0 Å². The third-order valence-electron chi connectivity index (χ3n) is 3.86. The highest BCUT2D eigenvalue weighted by Crippen LogP contribution is 2.23. The van der Waals surface area contributed by atoms with Gasteiger partial charge in [-0.25, -0.2) is 4.98 Å². The zero-order valence-electron chi connectivity index (χ0n) is 13.7. The monoisotopic (exact) mass is 314 g/mol. The summed E-state index contributed by atoms with van der Waals surface area (Å²) in [6, 6.07) is 10.5. The first-order valence-electron chi connectivity index (χ1n) is 7.77. The van der Waals surface area contributed by atoms with Crippen LogP contribution in [0.4, 0.5) is 17.3 Å². The fourth-order valence-electron chi connectivity index (χ4n) is 2.68. The van der Waals surface area contributed by atoms with Crippen molar-refractivity contribution in [3.63, 3.8) is 0 Å². The number of anilines is 3. The van der Waals surface area contributed by atoms with Crippen LogP contribution in [0.3, 0.4) is 0 Å². The summed E-state index contributed by atoms with van der Waals surface area (Å²) in [7, 11) is 1.60. The molecule has 1 aliphatic heterocycles. The molecule has 6 heteroatoms. The summed E-state index contributed by atoms with van der Waals surface area (Å²) in [4.78, 5) is 11.0. The largest absolute Gasteiger partial charge is 0.481 e. The zero-order chi connectivity index (χ0) is 16.2. The number of rotatable bonds is 4. The van der Waals surface area contributed by atoms with Crippen LogP contribution in [0.15, 0.2) is 30.3 Å². The maximum absolute atomic E-state index is 5.49. The Morgan fingerprint density at radius 3 is 2.74 bits per heavy atom. The highest BCUT2D eigenvalue weighted by Gasteiger charge is 2.18. The fraction of sp³-hybridized carbons (Fsp3) is 0.412. The number of morpholine rings is 1. The number of aryl methyl sites for hydroxylation is 1. The second-order valence-electron chi connectivity index (χ2n) is 5.66. The Morgan fingerprint density at radius 1 is 1.26 bits per heavy atom. The minimum atomic E-state index is 0.395. The van der Waals surface area contributed by atoms with Gasteiger partial charge in [-0.05, 0) is 38.1 Å². The first-order chi connectivity index (χ1) is 11.2. The Kier molecular flexibility index (Phi) is 4.62. The maximum Gasteiger partial charge on any atom is 0.230 e. The van der Waals surface area contributed by atoms with E-state index in [1.807, 2.05) is 19.1 Å². The summed E-state index contributed by atoms with van der Waals surface area (Å²) < 4.78 is 10.7. The Bertz CT molecular complexity index is 660. The van der Waals surface area contributed by atoms with Gasteiger partial charge in [-0.1, -0.05) is 0 Å². The summed E-state index contributed by atoms with van der Waals surface area (Å²) in [6.45, 7) is 6.57. The summed E-state index contributed by atoms with van der Waals surface area (Å²) in [5.74, 6) is 1.09. The molecule has 2 heterocycles. The van der Waals surface area contributed by atoms with Crippen molar-refractivity contribution in [2.45, 2.75) is 19.9 Å². The molecule has 1 fully saturated rings. The molecule has 0 radical (unpaired) electrons. The molecule has 0 saturated carbocycles. The van der Waals surface area contributed by atoms with Crippen LogP contribution in [0.2, 0.25) is 0 Å². The van der Waals surface area contributed by atoms with Crippen LogP contribution in [0.5, 0.6) is 5.88 Å². The lowest BCUT2D eigenvalue weighted by Crippen LogP contribution is -2.43. The number of hydrogen-bond donors (Lipinski definition) is 1. The van der Waals surface area contributed by atoms with Crippen molar-refractivity contribution in [3.05, 3.63) is 36.0 Å². The van der Waals surface area contributed by atoms with Crippen molar-refractivity contribution in [2.75, 3.05) is 37.1 Å². The molecular weight excluding hydrogens is 292 g/mol. The molecule has 0 bridgehead atoms. The molecule has 1 aromatic heterocycles. The van der Waals surface area contributed by atoms with Crippen LogP contribution in [0, 0.1) is 6.92 Å². The van der Waals surface area contributed by atoms with Gasteiger partial charge in [-0.3, -0.25) is 0 Å². The van der Waals surface area contributed by atoms with E-state index in [1.165, 1.54) is 5.69 Å². The predicted molar refractivity (Wildman–Crippen MR) is 90.7 cm³/mol. The summed E-state index contributed by atoms with van der Waals surface area (Å²) in [6.07, 6.45) is 0. The number of hydrogen-bond acceptors (Lipinski definition) is 6. The van der Waals surface area contributed by atoms with E-state index in [9.17, 15) is 0 Å². The molecule has 122 valence electrons. The highest BCUT2D eigenvalue weighted by molar-refractivity contribution is 5.60. The van der Waals surface area contributed by atoms with Gasteiger partial charge >= 0.3 is 0 Å². The molecule has 3 rings (SSSR count). The van der Waals surface area contributed by atoms with Crippen molar-refractivity contribution in [2.24, 2.45) is 0 Å². The molecule has 1 atom stereocenters. The molecule has 23 heavy (non-hydrogen) atoms. The van der Waals surface area contributed by atoms with Gasteiger partial charge in [0, 0.05) is 35.7 Å². The Hall–Kier alpha value is -2.34. The van der Waals surface area contributed by atoms with Crippen molar-refractivity contribution in [1.29, 1.82) is 0 Å². The molecular formula is C17H22N4O2. The average molecular weight is 314 g/mol. The van der Waals surface area contributed by atoms with Crippen LogP contribution in [-0.4, -0.2) is 42.9 Å². The molecule has 1 unspecified atom stereocenters. The predicted octanol–water partition coefficient (Wildman–Crippen LogP) is 2.76. The van der Waals surface area contributed by atoms with Crippen LogP contribution < -0.4 is 15.0 Å². The minimum absolute atomic E-state index is 0.395. The van der Waals surface area contributed by atoms with Crippen molar-refractivity contribution in [1.82, 2.24) is 9.97 Å². The number of nitrogens with zero attached hydrogens (tertiary/aromatic N) is 3. The van der Waals surface area contributed by atoms with E-state index in [0.717, 1.165) is 31.1 Å². The number of ether oxygens (including phenoxy) is 2. The molecule has 1 N–H and O–H groups in total. The topological polar surface area (TPSA) is 59.5 Å². The van der Waals surface area contributed by atoms with Crippen molar-refractivity contribution >= 4 is 17.3 Å². The van der Waals surface area contributed by atoms with E-state index in [4.69, 9.17) is 9.47 Å². The van der Waals surface area contributed by atoms with Gasteiger partial charge in [0.2, 0.25) is 11.8 Å². The quantitative estimate of drug-likeness (QED) is 0.936. The molecule has 2 aromatic rings.